The molecule has 0 aliphatic rings. The highest BCUT2D eigenvalue weighted by Crippen LogP contribution is 2.31. The molecule has 0 atom stereocenters. The largest absolute Gasteiger partial charge is 0.399 e. The maximum absolute atomic E-state index is 5.78. The van der Waals surface area contributed by atoms with Crippen molar-refractivity contribution < 1.29 is 0 Å². The number of rotatable bonds is 4. The Balaban J connectivity index is 2.18. The van der Waals surface area contributed by atoms with Crippen molar-refractivity contribution in [1.82, 2.24) is 9.78 Å². The molecule has 0 saturated heterocycles. The highest BCUT2D eigenvalue weighted by atomic mass is 79.9. The summed E-state index contributed by atoms with van der Waals surface area (Å²) >= 11 is 5.45. The second kappa shape index (κ2) is 6.01. The summed E-state index contributed by atoms with van der Waals surface area (Å²) in [5.74, 6) is 0.903. The first kappa shape index (κ1) is 14.5. The first-order valence-electron chi connectivity index (χ1n) is 6.23. The van der Waals surface area contributed by atoms with Crippen LogP contribution in [0.3, 0.4) is 0 Å². The smallest absolute Gasteiger partial charge is 0.0739 e. The van der Waals surface area contributed by atoms with Gasteiger partial charge in [-0.15, -0.1) is 11.8 Å². The highest BCUT2D eigenvalue weighted by Gasteiger charge is 2.12. The highest BCUT2D eigenvalue weighted by molar-refractivity contribution is 9.10. The van der Waals surface area contributed by atoms with Crippen molar-refractivity contribution in [1.29, 1.82) is 0 Å². The van der Waals surface area contributed by atoms with E-state index in [9.17, 15) is 0 Å². The summed E-state index contributed by atoms with van der Waals surface area (Å²) in [4.78, 5) is 1.27. The average Bonchev–Trinajstić information content (AvgIpc) is 2.65. The fourth-order valence-corrected chi connectivity index (χ4v) is 3.63. The van der Waals surface area contributed by atoms with Gasteiger partial charge in [0.15, 0.2) is 0 Å². The van der Waals surface area contributed by atoms with Crippen molar-refractivity contribution in [3.63, 3.8) is 0 Å². The fourth-order valence-electron chi connectivity index (χ4n) is 1.99. The van der Waals surface area contributed by atoms with Gasteiger partial charge in [-0.25, -0.2) is 0 Å². The minimum atomic E-state index is 0.817. The Bertz CT molecular complexity index is 593. The van der Waals surface area contributed by atoms with E-state index in [1.807, 2.05) is 30.8 Å². The van der Waals surface area contributed by atoms with Crippen LogP contribution >= 0.6 is 27.7 Å². The quantitative estimate of drug-likeness (QED) is 0.671. The van der Waals surface area contributed by atoms with E-state index in [0.29, 0.717) is 0 Å². The fraction of sp³-hybridized carbons (Fsp3) is 0.357. The van der Waals surface area contributed by atoms with E-state index in [1.165, 1.54) is 16.2 Å². The molecule has 0 unspecified atom stereocenters. The van der Waals surface area contributed by atoms with Gasteiger partial charge in [0.1, 0.15) is 0 Å². The number of thioether (sulfide) groups is 1. The van der Waals surface area contributed by atoms with Crippen LogP contribution in [0.4, 0.5) is 5.69 Å². The average molecular weight is 340 g/mol. The molecule has 0 aliphatic heterocycles. The number of aromatic nitrogens is 2. The lowest BCUT2D eigenvalue weighted by molar-refractivity contribution is 0.631. The third-order valence-electron chi connectivity index (χ3n) is 3.02. The van der Waals surface area contributed by atoms with Crippen molar-refractivity contribution in [2.24, 2.45) is 0 Å². The van der Waals surface area contributed by atoms with E-state index >= 15 is 0 Å². The van der Waals surface area contributed by atoms with E-state index in [0.717, 1.165) is 28.2 Å². The van der Waals surface area contributed by atoms with Gasteiger partial charge in [0.05, 0.1) is 15.9 Å². The van der Waals surface area contributed by atoms with Gasteiger partial charge >= 0.3 is 0 Å². The van der Waals surface area contributed by atoms with Gasteiger partial charge < -0.3 is 5.73 Å². The van der Waals surface area contributed by atoms with Crippen LogP contribution in [0.5, 0.6) is 0 Å². The standard InChI is InChI=1S/C14H18BrN3S/c1-4-18-12(14(15)10(3)17-18)8-19-13-6-5-11(16)7-9(13)2/h5-7H,4,8,16H2,1-3H3. The summed E-state index contributed by atoms with van der Waals surface area (Å²) in [5, 5.41) is 4.51. The third kappa shape index (κ3) is 3.15. The molecule has 0 amide bonds. The van der Waals surface area contributed by atoms with Crippen molar-refractivity contribution >= 4 is 33.4 Å². The first-order valence-corrected chi connectivity index (χ1v) is 8.01. The number of nitrogens with two attached hydrogens (primary N) is 1. The second-order valence-electron chi connectivity index (χ2n) is 4.48. The summed E-state index contributed by atoms with van der Waals surface area (Å²) in [6.07, 6.45) is 0. The van der Waals surface area contributed by atoms with Gasteiger partial charge in [-0.05, 0) is 60.5 Å². The summed E-state index contributed by atoms with van der Waals surface area (Å²) < 4.78 is 3.17. The van der Waals surface area contributed by atoms with E-state index in [4.69, 9.17) is 5.73 Å². The number of anilines is 1. The van der Waals surface area contributed by atoms with E-state index in [2.05, 4.69) is 45.6 Å². The summed E-state index contributed by atoms with van der Waals surface area (Å²) in [6, 6.07) is 6.05. The van der Waals surface area contributed by atoms with Crippen LogP contribution in [0.15, 0.2) is 27.6 Å². The molecule has 0 bridgehead atoms. The molecule has 2 aromatic rings. The van der Waals surface area contributed by atoms with Crippen molar-refractivity contribution in [2.45, 2.75) is 38.0 Å². The number of hydrogen-bond donors (Lipinski definition) is 1. The van der Waals surface area contributed by atoms with E-state index in [1.54, 1.807) is 0 Å². The molecule has 0 aliphatic carbocycles. The van der Waals surface area contributed by atoms with Crippen LogP contribution in [-0.4, -0.2) is 9.78 Å². The number of aryl methyl sites for hydroxylation is 3. The predicted octanol–water partition coefficient (Wildman–Crippen LogP) is 4.16. The Labute approximate surface area is 126 Å². The minimum absolute atomic E-state index is 0.817. The molecule has 1 aromatic heterocycles. The van der Waals surface area contributed by atoms with E-state index < -0.39 is 0 Å². The zero-order valence-electron chi connectivity index (χ0n) is 11.4. The third-order valence-corrected chi connectivity index (χ3v) is 5.23. The normalized spacial score (nSPS) is 10.9. The van der Waals surface area contributed by atoms with Crippen LogP contribution in [0.25, 0.3) is 0 Å². The maximum Gasteiger partial charge on any atom is 0.0739 e. The van der Waals surface area contributed by atoms with Crippen LogP contribution in [0, 0.1) is 13.8 Å². The Morgan fingerprint density at radius 1 is 1.37 bits per heavy atom. The first-order chi connectivity index (χ1) is 9.02. The van der Waals surface area contributed by atoms with Crippen LogP contribution < -0.4 is 5.73 Å². The second-order valence-corrected chi connectivity index (χ2v) is 6.29. The monoisotopic (exact) mass is 339 g/mol. The topological polar surface area (TPSA) is 43.8 Å². The lowest BCUT2D eigenvalue weighted by Gasteiger charge is -2.08. The summed E-state index contributed by atoms with van der Waals surface area (Å²) in [7, 11) is 0. The zero-order valence-corrected chi connectivity index (χ0v) is 13.8. The molecular weight excluding hydrogens is 322 g/mol. The zero-order chi connectivity index (χ0) is 14.0. The Kier molecular flexibility index (Phi) is 4.58. The number of halogens is 1. The lowest BCUT2D eigenvalue weighted by atomic mass is 10.2. The summed E-state index contributed by atoms with van der Waals surface area (Å²) in [6.45, 7) is 7.12. The number of benzene rings is 1. The Morgan fingerprint density at radius 2 is 2.11 bits per heavy atom. The van der Waals surface area contributed by atoms with Crippen LogP contribution in [0.1, 0.15) is 23.9 Å². The Hall–Kier alpha value is -0.940. The Morgan fingerprint density at radius 3 is 2.74 bits per heavy atom. The molecule has 3 nitrogen and oxygen atoms in total. The number of nitrogen functional groups attached to an aromatic ring is 1. The molecule has 2 rings (SSSR count). The van der Waals surface area contributed by atoms with Crippen LogP contribution in [-0.2, 0) is 12.3 Å². The predicted molar refractivity (Wildman–Crippen MR) is 85.5 cm³/mol. The van der Waals surface area contributed by atoms with Crippen molar-refractivity contribution in [3.05, 3.63) is 39.6 Å². The van der Waals surface area contributed by atoms with Gasteiger partial charge in [-0.1, -0.05) is 0 Å². The molecule has 0 spiro atoms. The van der Waals surface area contributed by atoms with Crippen molar-refractivity contribution in [3.8, 4) is 0 Å². The molecule has 0 radical (unpaired) electrons. The molecular formula is C14H18BrN3S. The van der Waals surface area contributed by atoms with Gasteiger partial charge in [0.25, 0.3) is 0 Å². The molecule has 102 valence electrons. The van der Waals surface area contributed by atoms with Gasteiger partial charge in [0, 0.05) is 22.9 Å². The molecule has 5 heteroatoms. The minimum Gasteiger partial charge on any atom is -0.399 e. The lowest BCUT2D eigenvalue weighted by Crippen LogP contribution is -2.01. The van der Waals surface area contributed by atoms with Gasteiger partial charge in [-0.2, -0.15) is 5.10 Å². The number of hydrogen-bond acceptors (Lipinski definition) is 3. The molecule has 2 N–H and O–H groups in total. The molecule has 19 heavy (non-hydrogen) atoms. The SMILES string of the molecule is CCn1nc(C)c(Br)c1CSc1ccc(N)cc1C. The van der Waals surface area contributed by atoms with Crippen molar-refractivity contribution in [2.75, 3.05) is 5.73 Å². The maximum atomic E-state index is 5.78. The molecule has 0 saturated carbocycles. The van der Waals surface area contributed by atoms with Gasteiger partial charge in [-0.3, -0.25) is 4.68 Å². The van der Waals surface area contributed by atoms with Crippen LogP contribution in [0.2, 0.25) is 0 Å². The van der Waals surface area contributed by atoms with E-state index in [-0.39, 0.29) is 0 Å². The molecule has 0 fully saturated rings. The van der Waals surface area contributed by atoms with Gasteiger partial charge in [0.2, 0.25) is 0 Å². The molecule has 1 aromatic carbocycles. The number of nitrogens with zero attached hydrogens (tertiary/aromatic N) is 2. The summed E-state index contributed by atoms with van der Waals surface area (Å²) in [5.41, 5.74) is 10.1. The molecule has 1 heterocycles.